The van der Waals surface area contributed by atoms with Crippen LogP contribution < -0.4 is 15.0 Å². The van der Waals surface area contributed by atoms with Gasteiger partial charge in [-0.25, -0.2) is 13.2 Å². The monoisotopic (exact) mass is 522 g/mol. The first-order chi connectivity index (χ1) is 17.7. The van der Waals surface area contributed by atoms with E-state index in [9.17, 15) is 22.8 Å². The van der Waals surface area contributed by atoms with Gasteiger partial charge in [0.15, 0.2) is 0 Å². The zero-order valence-corrected chi connectivity index (χ0v) is 21.4. The molecule has 1 aliphatic rings. The Hall–Kier alpha value is -4.18. The molecule has 1 N–H and O–H groups in total. The van der Waals surface area contributed by atoms with E-state index in [0.29, 0.717) is 11.4 Å². The number of rotatable bonds is 7. The molecule has 0 aromatic heterocycles. The molecular weight excluding hydrogens is 496 g/mol. The number of ether oxygens (including phenoxy) is 2. The van der Waals surface area contributed by atoms with Gasteiger partial charge in [-0.3, -0.25) is 14.5 Å². The molecule has 0 spiro atoms. The van der Waals surface area contributed by atoms with E-state index < -0.39 is 33.7 Å². The summed E-state index contributed by atoms with van der Waals surface area (Å²) in [6.45, 7) is 3.47. The average molecular weight is 523 g/mol. The van der Waals surface area contributed by atoms with E-state index in [1.165, 1.54) is 43.5 Å². The molecular formula is C27H26N2O7S. The van der Waals surface area contributed by atoms with E-state index in [0.717, 1.165) is 4.90 Å². The number of methoxy groups -OCH3 is 1. The first-order valence-electron chi connectivity index (χ1n) is 11.7. The molecule has 37 heavy (non-hydrogen) atoms. The van der Waals surface area contributed by atoms with E-state index in [-0.39, 0.29) is 39.6 Å². The molecule has 1 heterocycles. The number of hydrogen-bond donors (Lipinski definition) is 1. The van der Waals surface area contributed by atoms with Gasteiger partial charge in [-0.15, -0.1) is 0 Å². The van der Waals surface area contributed by atoms with Crippen molar-refractivity contribution in [2.75, 3.05) is 23.9 Å². The topological polar surface area (TPSA) is 119 Å². The van der Waals surface area contributed by atoms with Crippen molar-refractivity contribution in [2.24, 2.45) is 0 Å². The Kier molecular flexibility index (Phi) is 7.30. The van der Waals surface area contributed by atoms with Gasteiger partial charge in [0.05, 0.1) is 40.3 Å². The molecule has 4 rings (SSSR count). The van der Waals surface area contributed by atoms with Gasteiger partial charge >= 0.3 is 5.97 Å². The van der Waals surface area contributed by atoms with Crippen LogP contribution in [0, 0.1) is 0 Å². The molecule has 1 unspecified atom stereocenters. The minimum absolute atomic E-state index is 0.0580. The van der Waals surface area contributed by atoms with Crippen LogP contribution in [0.2, 0.25) is 0 Å². The molecule has 0 bridgehead atoms. The predicted octanol–water partition coefficient (Wildman–Crippen LogP) is 4.08. The standard InChI is InChI=1S/C27H26N2O7S/c1-4-21(25(30)28-18-9-8-10-19(16-18)35-3)29-22-15-17(27(32)36-5-2)13-14-24(22)37(33,34)23-12-7-6-11-20(23)26(29)31/h6-16,21H,4-5H2,1-3H3,(H,28,30). The molecule has 0 radical (unpaired) electrons. The maximum Gasteiger partial charge on any atom is 0.338 e. The largest absolute Gasteiger partial charge is 0.497 e. The fraction of sp³-hybridized carbons (Fsp3) is 0.222. The van der Waals surface area contributed by atoms with Crippen molar-refractivity contribution in [1.82, 2.24) is 0 Å². The Balaban J connectivity index is 1.89. The van der Waals surface area contributed by atoms with Gasteiger partial charge in [-0.1, -0.05) is 25.1 Å². The lowest BCUT2D eigenvalue weighted by Gasteiger charge is -2.30. The summed E-state index contributed by atoms with van der Waals surface area (Å²) in [7, 11) is -2.65. The molecule has 3 aromatic carbocycles. The normalized spacial score (nSPS) is 14.6. The number of anilines is 2. The minimum Gasteiger partial charge on any atom is -0.497 e. The van der Waals surface area contributed by atoms with E-state index in [1.54, 1.807) is 44.2 Å². The van der Waals surface area contributed by atoms with Crippen molar-refractivity contribution in [3.8, 4) is 5.75 Å². The molecule has 2 amide bonds. The van der Waals surface area contributed by atoms with Crippen LogP contribution in [0.4, 0.5) is 11.4 Å². The second-order valence-corrected chi connectivity index (χ2v) is 10.1. The van der Waals surface area contributed by atoms with Crippen molar-refractivity contribution in [3.63, 3.8) is 0 Å². The quantitative estimate of drug-likeness (QED) is 0.464. The second kappa shape index (κ2) is 10.4. The van der Waals surface area contributed by atoms with Gasteiger partial charge in [0.2, 0.25) is 15.7 Å². The molecule has 1 aliphatic heterocycles. The minimum atomic E-state index is -4.16. The summed E-state index contributed by atoms with van der Waals surface area (Å²) >= 11 is 0. The molecule has 10 heteroatoms. The van der Waals surface area contributed by atoms with Crippen molar-refractivity contribution in [1.29, 1.82) is 0 Å². The first-order valence-corrected chi connectivity index (χ1v) is 13.1. The van der Waals surface area contributed by atoms with E-state index in [4.69, 9.17) is 9.47 Å². The maximum atomic E-state index is 13.9. The highest BCUT2D eigenvalue weighted by atomic mass is 32.2. The van der Waals surface area contributed by atoms with E-state index in [2.05, 4.69) is 5.32 Å². The van der Waals surface area contributed by atoms with Gasteiger partial charge in [0, 0.05) is 11.8 Å². The number of benzene rings is 3. The number of nitrogens with zero attached hydrogens (tertiary/aromatic N) is 1. The fourth-order valence-corrected chi connectivity index (χ4v) is 5.85. The maximum absolute atomic E-state index is 13.9. The number of fused-ring (bicyclic) bond motifs is 2. The van der Waals surface area contributed by atoms with Gasteiger partial charge in [0.1, 0.15) is 11.8 Å². The Morgan fingerprint density at radius 3 is 2.43 bits per heavy atom. The molecule has 192 valence electrons. The van der Waals surface area contributed by atoms with E-state index >= 15 is 0 Å². The summed E-state index contributed by atoms with van der Waals surface area (Å²) in [5.74, 6) is -1.35. The Labute approximate surface area is 214 Å². The molecule has 0 aliphatic carbocycles. The van der Waals surface area contributed by atoms with Crippen LogP contribution in [0.5, 0.6) is 5.75 Å². The second-order valence-electron chi connectivity index (χ2n) is 8.22. The van der Waals surface area contributed by atoms with Crippen molar-refractivity contribution in [3.05, 3.63) is 77.9 Å². The van der Waals surface area contributed by atoms with Crippen LogP contribution >= 0.6 is 0 Å². The number of carbonyl (C=O) groups excluding carboxylic acids is 3. The highest BCUT2D eigenvalue weighted by molar-refractivity contribution is 7.91. The Bertz CT molecular complexity index is 1480. The number of nitrogens with one attached hydrogen (secondary N) is 1. The molecule has 0 fully saturated rings. The number of esters is 1. The summed E-state index contributed by atoms with van der Waals surface area (Å²) in [5.41, 5.74) is 0.365. The van der Waals surface area contributed by atoms with Crippen LogP contribution in [-0.4, -0.2) is 46.0 Å². The third-order valence-corrected chi connectivity index (χ3v) is 7.84. The summed E-state index contributed by atoms with van der Waals surface area (Å²) in [6.07, 6.45) is 0.160. The van der Waals surface area contributed by atoms with Crippen LogP contribution in [0.3, 0.4) is 0 Å². The van der Waals surface area contributed by atoms with Crippen LogP contribution in [0.1, 0.15) is 41.0 Å². The van der Waals surface area contributed by atoms with Crippen molar-refractivity contribution in [2.45, 2.75) is 36.1 Å². The summed E-state index contributed by atoms with van der Waals surface area (Å²) in [5, 5.41) is 2.79. The highest BCUT2D eigenvalue weighted by Gasteiger charge is 2.40. The molecule has 0 saturated carbocycles. The third-order valence-electron chi connectivity index (χ3n) is 5.98. The summed E-state index contributed by atoms with van der Waals surface area (Å²) in [4.78, 5) is 40.7. The molecule has 9 nitrogen and oxygen atoms in total. The van der Waals surface area contributed by atoms with Gasteiger partial charge < -0.3 is 14.8 Å². The van der Waals surface area contributed by atoms with Crippen LogP contribution in [-0.2, 0) is 19.4 Å². The predicted molar refractivity (Wildman–Crippen MR) is 137 cm³/mol. The van der Waals surface area contributed by atoms with Crippen LogP contribution in [0.25, 0.3) is 0 Å². The van der Waals surface area contributed by atoms with Crippen molar-refractivity contribution >= 4 is 39.0 Å². The molecule has 3 aromatic rings. The molecule has 0 saturated heterocycles. The Morgan fingerprint density at radius 2 is 1.73 bits per heavy atom. The Morgan fingerprint density at radius 1 is 0.973 bits per heavy atom. The zero-order valence-electron chi connectivity index (χ0n) is 20.6. The van der Waals surface area contributed by atoms with E-state index in [1.807, 2.05) is 0 Å². The number of amides is 2. The average Bonchev–Trinajstić information content (AvgIpc) is 2.97. The van der Waals surface area contributed by atoms with Crippen LogP contribution in [0.15, 0.2) is 76.5 Å². The zero-order chi connectivity index (χ0) is 26.7. The lowest BCUT2D eigenvalue weighted by atomic mass is 10.1. The third kappa shape index (κ3) is 4.79. The molecule has 1 atom stereocenters. The highest BCUT2D eigenvalue weighted by Crippen LogP contribution is 2.39. The first kappa shape index (κ1) is 25.9. The fourth-order valence-electron chi connectivity index (χ4n) is 4.23. The number of sulfone groups is 1. The van der Waals surface area contributed by atoms with Crippen molar-refractivity contribution < 1.29 is 32.3 Å². The van der Waals surface area contributed by atoms with Gasteiger partial charge in [-0.05, 0) is 55.8 Å². The van der Waals surface area contributed by atoms with Gasteiger partial charge in [0.25, 0.3) is 5.91 Å². The number of carbonyl (C=O) groups is 3. The summed E-state index contributed by atoms with van der Waals surface area (Å²) in [6, 6.07) is 15.4. The summed E-state index contributed by atoms with van der Waals surface area (Å²) < 4.78 is 37.6. The smallest absolute Gasteiger partial charge is 0.338 e. The SMILES string of the molecule is CCOC(=O)c1ccc2c(c1)N(C(CC)C(=O)Nc1cccc(OC)c1)C(=O)c1ccccc1S2(=O)=O. The lowest BCUT2D eigenvalue weighted by Crippen LogP contribution is -2.47. The lowest BCUT2D eigenvalue weighted by molar-refractivity contribution is -0.117. The number of hydrogen-bond acceptors (Lipinski definition) is 7. The van der Waals surface area contributed by atoms with Gasteiger partial charge in [-0.2, -0.15) is 0 Å².